The fourth-order valence-electron chi connectivity index (χ4n) is 0.394. The molecule has 0 saturated carbocycles. The second kappa shape index (κ2) is 1.55. The first-order valence-corrected chi connectivity index (χ1v) is 2.01. The van der Waals surface area contributed by atoms with Crippen molar-refractivity contribution in [2.24, 2.45) is 0 Å². The lowest BCUT2D eigenvalue weighted by Gasteiger charge is -1.93. The summed E-state index contributed by atoms with van der Waals surface area (Å²) in [5.41, 5.74) is 2.66. The standard InChI is InChI=1S/C3H8N2O/c1-3-4-2-5-6-3/h3-5H,2H2,1H3. The van der Waals surface area contributed by atoms with E-state index in [1.807, 2.05) is 6.92 Å². The molecule has 3 heteroatoms. The quantitative estimate of drug-likeness (QED) is 0.415. The van der Waals surface area contributed by atoms with Gasteiger partial charge in [-0.3, -0.25) is 10.2 Å². The molecule has 1 fully saturated rings. The van der Waals surface area contributed by atoms with Gasteiger partial charge in [-0.05, 0) is 6.92 Å². The smallest absolute Gasteiger partial charge is 0.127 e. The van der Waals surface area contributed by atoms with Gasteiger partial charge in [0.2, 0.25) is 0 Å². The van der Waals surface area contributed by atoms with Crippen LogP contribution in [-0.2, 0) is 4.84 Å². The van der Waals surface area contributed by atoms with Gasteiger partial charge in [-0.15, -0.1) is 0 Å². The lowest BCUT2D eigenvalue weighted by molar-refractivity contribution is 0.0399. The van der Waals surface area contributed by atoms with Gasteiger partial charge in [0, 0.05) is 0 Å². The van der Waals surface area contributed by atoms with E-state index in [0.717, 1.165) is 6.67 Å². The Morgan fingerprint density at radius 2 is 2.67 bits per heavy atom. The molecule has 0 aromatic carbocycles. The summed E-state index contributed by atoms with van der Waals surface area (Å²) in [5, 5.41) is 2.99. The predicted octanol–water partition coefficient (Wildman–Crippen LogP) is -0.586. The van der Waals surface area contributed by atoms with Gasteiger partial charge in [0.25, 0.3) is 0 Å². The average Bonchev–Trinajstić information content (AvgIpc) is 1.86. The molecule has 0 aromatic heterocycles. The van der Waals surface area contributed by atoms with Crippen molar-refractivity contribution in [3.05, 3.63) is 0 Å². The number of nitrogens with one attached hydrogen (secondary N) is 2. The Balaban J connectivity index is 2.18. The van der Waals surface area contributed by atoms with Crippen LogP contribution in [0.15, 0.2) is 0 Å². The molecule has 1 rings (SSSR count). The fraction of sp³-hybridized carbons (Fsp3) is 1.00. The topological polar surface area (TPSA) is 33.3 Å². The molecule has 1 aliphatic rings. The fourth-order valence-corrected chi connectivity index (χ4v) is 0.394. The van der Waals surface area contributed by atoms with E-state index in [0.29, 0.717) is 0 Å². The zero-order chi connectivity index (χ0) is 4.41. The first kappa shape index (κ1) is 4.05. The van der Waals surface area contributed by atoms with Gasteiger partial charge in [-0.25, -0.2) is 0 Å². The highest BCUT2D eigenvalue weighted by atomic mass is 16.7. The normalized spacial score (nSPS) is 34.5. The van der Waals surface area contributed by atoms with E-state index in [1.54, 1.807) is 0 Å². The Hall–Kier alpha value is -0.120. The van der Waals surface area contributed by atoms with Crippen LogP contribution in [0.3, 0.4) is 0 Å². The lowest BCUT2D eigenvalue weighted by Crippen LogP contribution is -2.17. The number of hydroxylamine groups is 1. The van der Waals surface area contributed by atoms with Gasteiger partial charge in [-0.1, -0.05) is 0 Å². The lowest BCUT2D eigenvalue weighted by atomic mass is 10.7. The van der Waals surface area contributed by atoms with Gasteiger partial charge < -0.3 is 0 Å². The number of hydrogen-bond donors (Lipinski definition) is 2. The van der Waals surface area contributed by atoms with Crippen molar-refractivity contribution < 1.29 is 4.84 Å². The summed E-state index contributed by atoms with van der Waals surface area (Å²) in [6.07, 6.45) is 0.185. The Morgan fingerprint density at radius 1 is 1.83 bits per heavy atom. The van der Waals surface area contributed by atoms with E-state index in [1.165, 1.54) is 0 Å². The molecular formula is C3H8N2O. The average molecular weight is 88.1 g/mol. The molecule has 1 aliphatic heterocycles. The summed E-state index contributed by atoms with van der Waals surface area (Å²) in [6, 6.07) is 0. The maximum atomic E-state index is 4.79. The minimum absolute atomic E-state index is 0.185. The van der Waals surface area contributed by atoms with Gasteiger partial charge in [0.05, 0.1) is 6.67 Å². The van der Waals surface area contributed by atoms with Crippen LogP contribution in [0.4, 0.5) is 0 Å². The summed E-state index contributed by atoms with van der Waals surface area (Å²) in [6.45, 7) is 2.71. The summed E-state index contributed by atoms with van der Waals surface area (Å²) >= 11 is 0. The molecule has 1 heterocycles. The van der Waals surface area contributed by atoms with Gasteiger partial charge >= 0.3 is 0 Å². The summed E-state index contributed by atoms with van der Waals surface area (Å²) in [4.78, 5) is 4.79. The highest BCUT2D eigenvalue weighted by Crippen LogP contribution is 1.83. The number of hydrogen-bond acceptors (Lipinski definition) is 3. The summed E-state index contributed by atoms with van der Waals surface area (Å²) < 4.78 is 0. The summed E-state index contributed by atoms with van der Waals surface area (Å²) in [5.74, 6) is 0. The van der Waals surface area contributed by atoms with Crippen LogP contribution >= 0.6 is 0 Å². The van der Waals surface area contributed by atoms with Crippen molar-refractivity contribution in [2.45, 2.75) is 13.2 Å². The van der Waals surface area contributed by atoms with Crippen molar-refractivity contribution >= 4 is 0 Å². The molecule has 1 unspecified atom stereocenters. The zero-order valence-electron chi connectivity index (χ0n) is 3.69. The van der Waals surface area contributed by atoms with Crippen molar-refractivity contribution in [2.75, 3.05) is 6.67 Å². The predicted molar refractivity (Wildman–Crippen MR) is 21.7 cm³/mol. The minimum Gasteiger partial charge on any atom is -0.282 e. The maximum absolute atomic E-state index is 4.79. The molecule has 0 aliphatic carbocycles. The van der Waals surface area contributed by atoms with Crippen molar-refractivity contribution in [3.63, 3.8) is 0 Å². The zero-order valence-corrected chi connectivity index (χ0v) is 3.69. The van der Waals surface area contributed by atoms with Gasteiger partial charge in [0.15, 0.2) is 0 Å². The minimum atomic E-state index is 0.185. The summed E-state index contributed by atoms with van der Waals surface area (Å²) in [7, 11) is 0. The van der Waals surface area contributed by atoms with Crippen molar-refractivity contribution in [3.8, 4) is 0 Å². The van der Waals surface area contributed by atoms with Crippen LogP contribution in [0.1, 0.15) is 6.92 Å². The molecule has 0 bridgehead atoms. The molecule has 36 valence electrons. The van der Waals surface area contributed by atoms with E-state index < -0.39 is 0 Å². The van der Waals surface area contributed by atoms with Crippen LogP contribution in [-0.4, -0.2) is 12.9 Å². The van der Waals surface area contributed by atoms with Crippen LogP contribution in [0.5, 0.6) is 0 Å². The third-order valence-electron chi connectivity index (χ3n) is 0.722. The Labute approximate surface area is 36.6 Å². The monoisotopic (exact) mass is 88.1 g/mol. The molecule has 0 spiro atoms. The molecule has 0 aromatic rings. The van der Waals surface area contributed by atoms with Gasteiger partial charge in [0.1, 0.15) is 6.23 Å². The Kier molecular flexibility index (Phi) is 1.05. The van der Waals surface area contributed by atoms with E-state index in [9.17, 15) is 0 Å². The molecule has 1 atom stereocenters. The largest absolute Gasteiger partial charge is 0.282 e. The van der Waals surface area contributed by atoms with Crippen LogP contribution < -0.4 is 10.8 Å². The second-order valence-electron chi connectivity index (χ2n) is 1.29. The SMILES string of the molecule is CC1NCNO1. The molecular weight excluding hydrogens is 80.0 g/mol. The highest BCUT2D eigenvalue weighted by Gasteiger charge is 2.04. The Morgan fingerprint density at radius 3 is 2.83 bits per heavy atom. The third-order valence-corrected chi connectivity index (χ3v) is 0.722. The van der Waals surface area contributed by atoms with E-state index in [-0.39, 0.29) is 6.23 Å². The molecule has 3 nitrogen and oxygen atoms in total. The first-order valence-electron chi connectivity index (χ1n) is 2.01. The molecule has 1 saturated heterocycles. The molecule has 6 heavy (non-hydrogen) atoms. The van der Waals surface area contributed by atoms with Crippen LogP contribution in [0.2, 0.25) is 0 Å². The highest BCUT2D eigenvalue weighted by molar-refractivity contribution is 4.47. The van der Waals surface area contributed by atoms with E-state index >= 15 is 0 Å². The second-order valence-corrected chi connectivity index (χ2v) is 1.29. The van der Waals surface area contributed by atoms with E-state index in [2.05, 4.69) is 10.8 Å². The molecule has 0 radical (unpaired) electrons. The van der Waals surface area contributed by atoms with E-state index in [4.69, 9.17) is 4.84 Å². The Bertz CT molecular complexity index is 42.1. The molecule has 2 N–H and O–H groups in total. The number of rotatable bonds is 0. The van der Waals surface area contributed by atoms with Gasteiger partial charge in [-0.2, -0.15) is 5.48 Å². The molecule has 0 amide bonds. The third kappa shape index (κ3) is 0.680. The van der Waals surface area contributed by atoms with Crippen molar-refractivity contribution in [1.29, 1.82) is 0 Å². The first-order chi connectivity index (χ1) is 2.89. The van der Waals surface area contributed by atoms with Crippen LogP contribution in [0.25, 0.3) is 0 Å². The maximum Gasteiger partial charge on any atom is 0.127 e. The van der Waals surface area contributed by atoms with Crippen LogP contribution in [0, 0.1) is 0 Å². The van der Waals surface area contributed by atoms with Crippen molar-refractivity contribution in [1.82, 2.24) is 10.8 Å².